The number of hydrogen-bond donors (Lipinski definition) is 0. The van der Waals surface area contributed by atoms with Crippen molar-refractivity contribution in [1.82, 2.24) is 0 Å². The summed E-state index contributed by atoms with van der Waals surface area (Å²) in [5.41, 5.74) is 2.45. The molecule has 0 amide bonds. The van der Waals surface area contributed by atoms with Crippen molar-refractivity contribution < 1.29 is 0 Å². The molecule has 2 heteroatoms. The summed E-state index contributed by atoms with van der Waals surface area (Å²) in [5, 5.41) is 4.17. The molecule has 0 saturated carbocycles. The molecule has 0 aliphatic heterocycles. The second-order valence-corrected chi connectivity index (χ2v) is 4.95. The van der Waals surface area contributed by atoms with Crippen LogP contribution >= 0.6 is 22.9 Å². The Kier molecular flexibility index (Phi) is 2.43. The minimum atomic E-state index is 0.831. The Morgan fingerprint density at radius 3 is 2.50 bits per heavy atom. The van der Waals surface area contributed by atoms with Crippen molar-refractivity contribution in [3.05, 3.63) is 58.9 Å². The van der Waals surface area contributed by atoms with Gasteiger partial charge in [0.25, 0.3) is 0 Å². The van der Waals surface area contributed by atoms with Gasteiger partial charge in [0.15, 0.2) is 0 Å². The molecule has 0 spiro atoms. The highest BCUT2D eigenvalue weighted by Gasteiger charge is 2.08. The Balaban J connectivity index is 2.33. The summed E-state index contributed by atoms with van der Waals surface area (Å²) < 4.78 is 1.24. The molecule has 0 aliphatic rings. The zero-order valence-corrected chi connectivity index (χ0v) is 10.1. The summed E-state index contributed by atoms with van der Waals surface area (Å²) in [4.78, 5) is 0. The fraction of sp³-hybridized carbons (Fsp3) is 0. The Morgan fingerprint density at radius 2 is 1.69 bits per heavy atom. The Morgan fingerprint density at radius 1 is 0.875 bits per heavy atom. The number of hydrogen-bond acceptors (Lipinski definition) is 1. The lowest BCUT2D eigenvalue weighted by atomic mass is 10.1. The molecule has 0 atom stereocenters. The number of halogens is 1. The van der Waals surface area contributed by atoms with Gasteiger partial charge >= 0.3 is 0 Å². The molecule has 0 aliphatic carbocycles. The van der Waals surface area contributed by atoms with Gasteiger partial charge < -0.3 is 0 Å². The standard InChI is InChI=1S/C14H9ClS/c15-12-7-4-8-13-14(12)11(9-16-13)10-5-2-1-3-6-10/h1-9H. The molecule has 0 nitrogen and oxygen atoms in total. The van der Waals surface area contributed by atoms with Crippen LogP contribution in [0.4, 0.5) is 0 Å². The molecule has 78 valence electrons. The van der Waals surface area contributed by atoms with Crippen LogP contribution < -0.4 is 0 Å². The predicted molar refractivity (Wildman–Crippen MR) is 72.3 cm³/mol. The van der Waals surface area contributed by atoms with Crippen LogP contribution in [0.15, 0.2) is 53.9 Å². The monoisotopic (exact) mass is 244 g/mol. The lowest BCUT2D eigenvalue weighted by Crippen LogP contribution is -1.75. The highest BCUT2D eigenvalue weighted by atomic mass is 35.5. The van der Waals surface area contributed by atoms with E-state index in [2.05, 4.69) is 35.7 Å². The maximum atomic E-state index is 6.26. The number of benzene rings is 2. The lowest BCUT2D eigenvalue weighted by Gasteiger charge is -2.00. The molecule has 1 aromatic heterocycles. The predicted octanol–water partition coefficient (Wildman–Crippen LogP) is 5.22. The molecule has 0 fully saturated rings. The lowest BCUT2D eigenvalue weighted by molar-refractivity contribution is 1.69. The summed E-state index contributed by atoms with van der Waals surface area (Å²) in [6, 6.07) is 16.4. The molecule has 0 bridgehead atoms. The summed E-state index contributed by atoms with van der Waals surface area (Å²) in [5.74, 6) is 0. The van der Waals surface area contributed by atoms with Gasteiger partial charge in [0.2, 0.25) is 0 Å². The normalized spacial score (nSPS) is 10.8. The second kappa shape index (κ2) is 3.93. The maximum Gasteiger partial charge on any atom is 0.0499 e. The first kappa shape index (κ1) is 9.88. The molecule has 2 aromatic carbocycles. The van der Waals surface area contributed by atoms with Crippen molar-refractivity contribution in [2.75, 3.05) is 0 Å². The zero-order valence-electron chi connectivity index (χ0n) is 8.48. The fourth-order valence-corrected chi connectivity index (χ4v) is 3.20. The summed E-state index contributed by atoms with van der Waals surface area (Å²) in [6.07, 6.45) is 0. The first-order valence-corrected chi connectivity index (χ1v) is 6.33. The van der Waals surface area contributed by atoms with E-state index < -0.39 is 0 Å². The van der Waals surface area contributed by atoms with E-state index in [1.165, 1.54) is 21.2 Å². The van der Waals surface area contributed by atoms with E-state index in [1.54, 1.807) is 11.3 Å². The first-order valence-electron chi connectivity index (χ1n) is 5.07. The van der Waals surface area contributed by atoms with Crippen LogP contribution in [-0.2, 0) is 0 Å². The topological polar surface area (TPSA) is 0 Å². The second-order valence-electron chi connectivity index (χ2n) is 3.63. The molecule has 0 unspecified atom stereocenters. The van der Waals surface area contributed by atoms with Gasteiger partial charge in [-0.2, -0.15) is 0 Å². The Labute approximate surface area is 103 Å². The minimum Gasteiger partial charge on any atom is -0.143 e. The van der Waals surface area contributed by atoms with E-state index in [-0.39, 0.29) is 0 Å². The highest BCUT2D eigenvalue weighted by molar-refractivity contribution is 7.17. The van der Waals surface area contributed by atoms with Crippen molar-refractivity contribution in [3.8, 4) is 11.1 Å². The Bertz CT molecular complexity index is 626. The summed E-state index contributed by atoms with van der Waals surface area (Å²) in [7, 11) is 0. The van der Waals surface area contributed by atoms with Crippen LogP contribution in [0.1, 0.15) is 0 Å². The third-order valence-corrected chi connectivity index (χ3v) is 3.90. The smallest absolute Gasteiger partial charge is 0.0499 e. The third kappa shape index (κ3) is 1.53. The third-order valence-electron chi connectivity index (χ3n) is 2.63. The van der Waals surface area contributed by atoms with Crippen molar-refractivity contribution >= 4 is 33.0 Å². The molecule has 16 heavy (non-hydrogen) atoms. The van der Waals surface area contributed by atoms with Gasteiger partial charge in [-0.15, -0.1) is 11.3 Å². The molecule has 3 rings (SSSR count). The van der Waals surface area contributed by atoms with Crippen LogP contribution in [-0.4, -0.2) is 0 Å². The van der Waals surface area contributed by atoms with E-state index in [0.717, 1.165) is 5.02 Å². The van der Waals surface area contributed by atoms with Crippen LogP contribution in [0.3, 0.4) is 0 Å². The molecule has 1 heterocycles. The molecule has 0 N–H and O–H groups in total. The molecule has 3 aromatic rings. The van der Waals surface area contributed by atoms with E-state index in [9.17, 15) is 0 Å². The van der Waals surface area contributed by atoms with Crippen molar-refractivity contribution in [2.45, 2.75) is 0 Å². The van der Waals surface area contributed by atoms with Gasteiger partial charge in [0.1, 0.15) is 0 Å². The van der Waals surface area contributed by atoms with Crippen LogP contribution in [0.25, 0.3) is 21.2 Å². The fourth-order valence-electron chi connectivity index (χ4n) is 1.88. The Hall–Kier alpha value is -1.31. The van der Waals surface area contributed by atoms with Crippen LogP contribution in [0.2, 0.25) is 5.02 Å². The van der Waals surface area contributed by atoms with Gasteiger partial charge in [0.05, 0.1) is 0 Å². The van der Waals surface area contributed by atoms with Gasteiger partial charge in [-0.3, -0.25) is 0 Å². The zero-order chi connectivity index (χ0) is 11.0. The van der Waals surface area contributed by atoms with Gasteiger partial charge in [-0.1, -0.05) is 48.0 Å². The largest absolute Gasteiger partial charge is 0.143 e. The van der Waals surface area contributed by atoms with E-state index in [4.69, 9.17) is 11.6 Å². The average Bonchev–Trinajstić information content (AvgIpc) is 2.75. The average molecular weight is 245 g/mol. The van der Waals surface area contributed by atoms with E-state index in [0.29, 0.717) is 0 Å². The van der Waals surface area contributed by atoms with E-state index >= 15 is 0 Å². The molecular formula is C14H9ClS. The highest BCUT2D eigenvalue weighted by Crippen LogP contribution is 2.37. The molecule has 0 saturated heterocycles. The minimum absolute atomic E-state index is 0.831. The summed E-state index contributed by atoms with van der Waals surface area (Å²) >= 11 is 8.00. The van der Waals surface area contributed by atoms with Crippen molar-refractivity contribution in [3.63, 3.8) is 0 Å². The summed E-state index contributed by atoms with van der Waals surface area (Å²) in [6.45, 7) is 0. The first-order chi connectivity index (χ1) is 7.86. The number of thiophene rings is 1. The van der Waals surface area contributed by atoms with Crippen molar-refractivity contribution in [2.24, 2.45) is 0 Å². The molecule has 0 radical (unpaired) electrons. The van der Waals surface area contributed by atoms with E-state index in [1.807, 2.05) is 18.2 Å². The van der Waals surface area contributed by atoms with Gasteiger partial charge in [-0.05, 0) is 23.1 Å². The SMILES string of the molecule is Clc1cccc2scc(-c3ccccc3)c12. The maximum absolute atomic E-state index is 6.26. The van der Waals surface area contributed by atoms with Gasteiger partial charge in [-0.25, -0.2) is 0 Å². The quantitative estimate of drug-likeness (QED) is 0.550. The van der Waals surface area contributed by atoms with Gasteiger partial charge in [0, 0.05) is 20.7 Å². The van der Waals surface area contributed by atoms with Crippen LogP contribution in [0, 0.1) is 0 Å². The van der Waals surface area contributed by atoms with Crippen molar-refractivity contribution in [1.29, 1.82) is 0 Å². The number of fused-ring (bicyclic) bond motifs is 1. The number of rotatable bonds is 1. The molecular weight excluding hydrogens is 236 g/mol. The van der Waals surface area contributed by atoms with Crippen LogP contribution in [0.5, 0.6) is 0 Å².